The summed E-state index contributed by atoms with van der Waals surface area (Å²) in [4.78, 5) is 24.2. The topological polar surface area (TPSA) is 56.5 Å². The van der Waals surface area contributed by atoms with Gasteiger partial charge in [-0.25, -0.2) is 4.98 Å². The highest BCUT2D eigenvalue weighted by atomic mass is 32.1. The van der Waals surface area contributed by atoms with Crippen molar-refractivity contribution in [2.75, 3.05) is 7.11 Å². The van der Waals surface area contributed by atoms with Crippen molar-refractivity contribution < 1.29 is 9.53 Å². The molecule has 5 nitrogen and oxygen atoms in total. The average Bonchev–Trinajstić information content (AvgIpc) is 3.41. The van der Waals surface area contributed by atoms with Crippen molar-refractivity contribution in [1.29, 1.82) is 0 Å². The van der Waals surface area contributed by atoms with Crippen LogP contribution in [-0.4, -0.2) is 22.6 Å². The molecule has 0 atom stereocenters. The molecule has 0 radical (unpaired) electrons. The monoisotopic (exact) mass is 431 g/mol. The van der Waals surface area contributed by atoms with E-state index in [1.807, 2.05) is 77.7 Å². The number of aromatic nitrogens is 2. The molecule has 0 aliphatic heterocycles. The zero-order chi connectivity index (χ0) is 20.7. The predicted octanol–water partition coefficient (Wildman–Crippen LogP) is 5.27. The van der Waals surface area contributed by atoms with Crippen molar-refractivity contribution in [2.24, 2.45) is 12.0 Å². The van der Waals surface area contributed by atoms with Crippen molar-refractivity contribution in [1.82, 2.24) is 9.55 Å². The Morgan fingerprint density at radius 1 is 1.10 bits per heavy atom. The van der Waals surface area contributed by atoms with Crippen LogP contribution < -0.4 is 9.54 Å². The lowest BCUT2D eigenvalue weighted by atomic mass is 10.1. The second-order valence-corrected chi connectivity index (χ2v) is 8.70. The number of carbonyl (C=O) groups is 1. The molecule has 3 aromatic heterocycles. The third-order valence-electron chi connectivity index (χ3n) is 4.93. The minimum absolute atomic E-state index is 0.277. The maximum atomic E-state index is 13.3. The van der Waals surface area contributed by atoms with E-state index >= 15 is 0 Å². The fraction of sp³-hybridized carbons (Fsp3) is 0.0870. The van der Waals surface area contributed by atoms with E-state index < -0.39 is 0 Å². The van der Waals surface area contributed by atoms with Crippen molar-refractivity contribution in [3.8, 4) is 16.3 Å². The molecule has 3 heterocycles. The number of ether oxygens (including phenoxy) is 1. The van der Waals surface area contributed by atoms with Gasteiger partial charge in [-0.15, -0.1) is 11.3 Å². The van der Waals surface area contributed by atoms with Crippen LogP contribution in [0.4, 0.5) is 0 Å². The van der Waals surface area contributed by atoms with Crippen LogP contribution in [0.5, 0.6) is 5.75 Å². The molecule has 5 rings (SSSR count). The predicted molar refractivity (Wildman–Crippen MR) is 122 cm³/mol. The quantitative estimate of drug-likeness (QED) is 0.391. The number of para-hydroxylation sites is 1. The summed E-state index contributed by atoms with van der Waals surface area (Å²) >= 11 is 3.07. The van der Waals surface area contributed by atoms with E-state index in [-0.39, 0.29) is 5.91 Å². The molecule has 0 saturated heterocycles. The summed E-state index contributed by atoms with van der Waals surface area (Å²) in [6, 6.07) is 19.4. The summed E-state index contributed by atoms with van der Waals surface area (Å²) in [7, 11) is 3.56. The Morgan fingerprint density at radius 3 is 2.77 bits per heavy atom. The normalized spacial score (nSPS) is 12.0. The molecule has 0 spiro atoms. The molecule has 1 amide bonds. The van der Waals surface area contributed by atoms with Gasteiger partial charge in [0.1, 0.15) is 5.75 Å². The Morgan fingerprint density at radius 2 is 1.97 bits per heavy atom. The molecule has 0 unspecified atom stereocenters. The number of pyridine rings is 1. The van der Waals surface area contributed by atoms with Crippen molar-refractivity contribution >= 4 is 49.7 Å². The highest BCUT2D eigenvalue weighted by Crippen LogP contribution is 2.28. The third-order valence-corrected chi connectivity index (χ3v) is 6.92. The van der Waals surface area contributed by atoms with Crippen LogP contribution >= 0.6 is 22.7 Å². The van der Waals surface area contributed by atoms with E-state index in [1.165, 1.54) is 11.3 Å². The fourth-order valence-corrected chi connectivity index (χ4v) is 5.13. The Hall–Kier alpha value is -3.29. The van der Waals surface area contributed by atoms with Crippen LogP contribution in [0, 0.1) is 0 Å². The zero-order valence-corrected chi connectivity index (χ0v) is 18.0. The lowest BCUT2D eigenvalue weighted by molar-refractivity contribution is 0.0999. The van der Waals surface area contributed by atoms with Crippen LogP contribution in [0.15, 0.2) is 71.0 Å². The van der Waals surface area contributed by atoms with Gasteiger partial charge in [-0.05, 0) is 41.8 Å². The van der Waals surface area contributed by atoms with Gasteiger partial charge in [0.05, 0.1) is 39.0 Å². The molecule has 0 aliphatic rings. The van der Waals surface area contributed by atoms with E-state index in [2.05, 4.69) is 4.99 Å². The first kappa shape index (κ1) is 18.7. The lowest BCUT2D eigenvalue weighted by Gasteiger charge is -2.06. The standard InChI is InChI=1S/C23H17N3O2S2/c1-26-19-10-9-14(28-2)12-21(19)30-23(26)25-22(27)16-13-18(20-8-5-11-29-20)24-17-7-4-3-6-15(16)17/h3-13H,1-2H3. The summed E-state index contributed by atoms with van der Waals surface area (Å²) in [6.45, 7) is 0. The number of nitrogens with zero attached hydrogens (tertiary/aromatic N) is 3. The van der Waals surface area contributed by atoms with Crippen LogP contribution in [0.2, 0.25) is 0 Å². The number of benzene rings is 2. The van der Waals surface area contributed by atoms with E-state index in [4.69, 9.17) is 9.72 Å². The van der Waals surface area contributed by atoms with Crippen molar-refractivity contribution in [2.45, 2.75) is 0 Å². The van der Waals surface area contributed by atoms with E-state index in [0.29, 0.717) is 10.4 Å². The van der Waals surface area contributed by atoms with Crippen molar-refractivity contribution in [3.63, 3.8) is 0 Å². The molecular weight excluding hydrogens is 414 g/mol. The van der Waals surface area contributed by atoms with Gasteiger partial charge in [0.25, 0.3) is 5.91 Å². The summed E-state index contributed by atoms with van der Waals surface area (Å²) in [6.07, 6.45) is 0. The molecule has 0 aliphatic carbocycles. The number of methoxy groups -OCH3 is 1. The molecule has 0 N–H and O–H groups in total. The average molecular weight is 432 g/mol. The van der Waals surface area contributed by atoms with Crippen LogP contribution in [0.3, 0.4) is 0 Å². The maximum absolute atomic E-state index is 13.3. The number of hydrogen-bond acceptors (Lipinski definition) is 5. The number of carbonyl (C=O) groups excluding carboxylic acids is 1. The smallest absolute Gasteiger partial charge is 0.280 e. The first-order chi connectivity index (χ1) is 14.6. The number of amides is 1. The van der Waals surface area contributed by atoms with Gasteiger partial charge in [-0.1, -0.05) is 35.6 Å². The molecule has 30 heavy (non-hydrogen) atoms. The molecular formula is C23H17N3O2S2. The molecule has 5 aromatic rings. The second-order valence-electron chi connectivity index (χ2n) is 6.74. The number of hydrogen-bond donors (Lipinski definition) is 0. The summed E-state index contributed by atoms with van der Waals surface area (Å²) in [5.74, 6) is 0.503. The Labute approximate surface area is 180 Å². The highest BCUT2D eigenvalue weighted by Gasteiger charge is 2.15. The van der Waals surface area contributed by atoms with Crippen molar-refractivity contribution in [3.05, 3.63) is 76.4 Å². The van der Waals surface area contributed by atoms with E-state index in [0.717, 1.165) is 37.4 Å². The van der Waals surface area contributed by atoms with Gasteiger partial charge in [-0.2, -0.15) is 4.99 Å². The molecule has 148 valence electrons. The Balaban J connectivity index is 1.68. The number of rotatable bonds is 3. The molecule has 7 heteroatoms. The summed E-state index contributed by atoms with van der Waals surface area (Å²) in [5, 5.41) is 2.81. The zero-order valence-electron chi connectivity index (χ0n) is 16.3. The highest BCUT2D eigenvalue weighted by molar-refractivity contribution is 7.16. The first-order valence-corrected chi connectivity index (χ1v) is 11.0. The van der Waals surface area contributed by atoms with Gasteiger partial charge in [0.15, 0.2) is 4.80 Å². The van der Waals surface area contributed by atoms with Gasteiger partial charge >= 0.3 is 0 Å². The fourth-order valence-electron chi connectivity index (χ4n) is 3.40. The van der Waals surface area contributed by atoms with Crippen LogP contribution in [0.25, 0.3) is 31.7 Å². The van der Waals surface area contributed by atoms with Gasteiger partial charge in [-0.3, -0.25) is 4.79 Å². The third kappa shape index (κ3) is 3.22. The number of thiazole rings is 1. The largest absolute Gasteiger partial charge is 0.497 e. The SMILES string of the molecule is COc1ccc2c(c1)sc(=NC(=O)c1cc(-c3cccs3)nc3ccccc13)n2C. The molecule has 0 bridgehead atoms. The van der Waals surface area contributed by atoms with E-state index in [9.17, 15) is 4.79 Å². The summed E-state index contributed by atoms with van der Waals surface area (Å²) < 4.78 is 8.26. The van der Waals surface area contributed by atoms with Gasteiger partial charge < -0.3 is 9.30 Å². The lowest BCUT2D eigenvalue weighted by Crippen LogP contribution is -2.13. The number of thiophene rings is 1. The van der Waals surface area contributed by atoms with Crippen LogP contribution in [-0.2, 0) is 7.05 Å². The van der Waals surface area contributed by atoms with Crippen LogP contribution in [0.1, 0.15) is 10.4 Å². The Bertz CT molecular complexity index is 1460. The minimum atomic E-state index is -0.277. The maximum Gasteiger partial charge on any atom is 0.280 e. The van der Waals surface area contributed by atoms with Gasteiger partial charge in [0.2, 0.25) is 0 Å². The number of aryl methyl sites for hydroxylation is 1. The van der Waals surface area contributed by atoms with Gasteiger partial charge in [0, 0.05) is 12.4 Å². The first-order valence-electron chi connectivity index (χ1n) is 9.30. The second kappa shape index (κ2) is 7.51. The molecule has 2 aromatic carbocycles. The van der Waals surface area contributed by atoms with E-state index in [1.54, 1.807) is 18.4 Å². The summed E-state index contributed by atoms with van der Waals surface area (Å²) in [5.41, 5.74) is 3.13. The molecule has 0 saturated carbocycles. The minimum Gasteiger partial charge on any atom is -0.497 e. The Kier molecular flexibility index (Phi) is 4.69. The molecule has 0 fully saturated rings. The number of fused-ring (bicyclic) bond motifs is 2.